The highest BCUT2D eigenvalue weighted by atomic mass is 35.5. The van der Waals surface area contributed by atoms with Gasteiger partial charge in [-0.2, -0.15) is 5.26 Å². The molecular weight excluding hydrogens is 374 g/mol. The molecule has 1 amide bonds. The van der Waals surface area contributed by atoms with Crippen molar-refractivity contribution in [2.45, 2.75) is 13.5 Å². The summed E-state index contributed by atoms with van der Waals surface area (Å²) >= 11 is 6.05. The van der Waals surface area contributed by atoms with Crippen molar-refractivity contribution in [3.05, 3.63) is 88.7 Å². The number of nitriles is 1. The minimum atomic E-state index is -0.241. The van der Waals surface area contributed by atoms with Gasteiger partial charge in [0, 0.05) is 18.1 Å². The van der Waals surface area contributed by atoms with Crippen molar-refractivity contribution in [3.63, 3.8) is 0 Å². The molecule has 28 heavy (non-hydrogen) atoms. The fourth-order valence-corrected chi connectivity index (χ4v) is 2.99. The Morgan fingerprint density at radius 3 is 2.71 bits per heavy atom. The first-order valence-corrected chi connectivity index (χ1v) is 8.98. The number of halogens is 1. The second-order valence-electron chi connectivity index (χ2n) is 6.20. The van der Waals surface area contributed by atoms with Crippen LogP contribution in [0.3, 0.4) is 0 Å². The molecule has 0 saturated heterocycles. The number of amides is 1. The normalized spacial score (nSPS) is 10.3. The smallest absolute Gasteiger partial charge is 0.276 e. The van der Waals surface area contributed by atoms with E-state index in [1.165, 1.54) is 0 Å². The van der Waals surface area contributed by atoms with Gasteiger partial charge in [-0.25, -0.2) is 4.68 Å². The van der Waals surface area contributed by atoms with E-state index in [9.17, 15) is 4.79 Å². The number of hydrogen-bond donors (Lipinski definition) is 0. The molecule has 0 aliphatic rings. The highest BCUT2D eigenvalue weighted by Gasteiger charge is 2.22. The molecule has 6 nitrogen and oxygen atoms in total. The summed E-state index contributed by atoms with van der Waals surface area (Å²) in [6.07, 6.45) is 1.66. The SMILES string of the molecule is C=CCN(Cc1ccc(C#N)cc1)C(=O)c1nnn(-c2cccc(Cl)c2)c1C. The summed E-state index contributed by atoms with van der Waals surface area (Å²) in [6.45, 7) is 6.27. The second kappa shape index (κ2) is 8.51. The lowest BCUT2D eigenvalue weighted by Crippen LogP contribution is -2.31. The molecule has 1 heterocycles. The number of nitrogens with zero attached hydrogens (tertiary/aromatic N) is 5. The Kier molecular flexibility index (Phi) is 5.87. The first kappa shape index (κ1) is 19.3. The van der Waals surface area contributed by atoms with Gasteiger partial charge in [0.05, 0.1) is 23.0 Å². The Bertz CT molecular complexity index is 1050. The third-order valence-electron chi connectivity index (χ3n) is 4.24. The van der Waals surface area contributed by atoms with Crippen molar-refractivity contribution in [2.24, 2.45) is 0 Å². The lowest BCUT2D eigenvalue weighted by Gasteiger charge is -2.20. The molecule has 0 N–H and O–H groups in total. The zero-order valence-corrected chi connectivity index (χ0v) is 16.1. The Morgan fingerprint density at radius 2 is 2.07 bits per heavy atom. The van der Waals surface area contributed by atoms with Gasteiger partial charge in [0.2, 0.25) is 0 Å². The van der Waals surface area contributed by atoms with Crippen LogP contribution in [0.5, 0.6) is 0 Å². The number of benzene rings is 2. The van der Waals surface area contributed by atoms with Gasteiger partial charge in [-0.3, -0.25) is 4.79 Å². The molecule has 3 aromatic rings. The monoisotopic (exact) mass is 391 g/mol. The van der Waals surface area contributed by atoms with Crippen molar-refractivity contribution in [2.75, 3.05) is 6.54 Å². The zero-order valence-electron chi connectivity index (χ0n) is 15.3. The average molecular weight is 392 g/mol. The molecule has 2 aromatic carbocycles. The van der Waals surface area contributed by atoms with E-state index in [0.717, 1.165) is 11.3 Å². The van der Waals surface area contributed by atoms with Crippen LogP contribution in [0.2, 0.25) is 5.02 Å². The Labute approximate surface area is 168 Å². The van der Waals surface area contributed by atoms with Gasteiger partial charge in [0.15, 0.2) is 5.69 Å². The highest BCUT2D eigenvalue weighted by molar-refractivity contribution is 6.30. The molecule has 1 aromatic heterocycles. The molecule has 0 fully saturated rings. The van der Waals surface area contributed by atoms with E-state index in [1.54, 1.807) is 46.8 Å². The molecule has 0 unspecified atom stereocenters. The molecule has 0 radical (unpaired) electrons. The summed E-state index contributed by atoms with van der Waals surface area (Å²) in [7, 11) is 0. The molecule has 0 spiro atoms. The maximum atomic E-state index is 13.1. The number of carbonyl (C=O) groups is 1. The first-order chi connectivity index (χ1) is 13.5. The Balaban J connectivity index is 1.87. The van der Waals surface area contributed by atoms with Gasteiger partial charge in [0.1, 0.15) is 0 Å². The number of hydrogen-bond acceptors (Lipinski definition) is 4. The molecule has 0 saturated carbocycles. The van der Waals surface area contributed by atoms with Gasteiger partial charge < -0.3 is 4.90 Å². The van der Waals surface area contributed by atoms with Gasteiger partial charge >= 0.3 is 0 Å². The van der Waals surface area contributed by atoms with Crippen LogP contribution in [-0.4, -0.2) is 32.3 Å². The van der Waals surface area contributed by atoms with Crippen LogP contribution in [0.25, 0.3) is 5.69 Å². The van der Waals surface area contributed by atoms with Gasteiger partial charge in [-0.1, -0.05) is 41.1 Å². The molecule has 0 atom stereocenters. The van der Waals surface area contributed by atoms with Gasteiger partial charge in [0.25, 0.3) is 5.91 Å². The van der Waals surface area contributed by atoms with Crippen LogP contribution in [0.15, 0.2) is 61.2 Å². The minimum absolute atomic E-state index is 0.241. The fraction of sp³-hybridized carbons (Fsp3) is 0.143. The zero-order chi connectivity index (χ0) is 20.1. The summed E-state index contributed by atoms with van der Waals surface area (Å²) in [4.78, 5) is 14.7. The van der Waals surface area contributed by atoms with Crippen LogP contribution in [0, 0.1) is 18.3 Å². The third-order valence-corrected chi connectivity index (χ3v) is 4.48. The van der Waals surface area contributed by atoms with E-state index in [4.69, 9.17) is 16.9 Å². The Hall–Kier alpha value is -3.43. The van der Waals surface area contributed by atoms with Crippen LogP contribution in [0.1, 0.15) is 27.3 Å². The van der Waals surface area contributed by atoms with Crippen LogP contribution in [0.4, 0.5) is 0 Å². The number of carbonyl (C=O) groups excluding carboxylic acids is 1. The van der Waals surface area contributed by atoms with Crippen molar-refractivity contribution in [3.8, 4) is 11.8 Å². The quantitative estimate of drug-likeness (QED) is 0.596. The summed E-state index contributed by atoms with van der Waals surface area (Å²) in [5.41, 5.74) is 3.12. The highest BCUT2D eigenvalue weighted by Crippen LogP contribution is 2.18. The number of aromatic nitrogens is 3. The maximum Gasteiger partial charge on any atom is 0.276 e. The molecule has 0 aliphatic carbocycles. The van der Waals surface area contributed by atoms with Crippen molar-refractivity contribution >= 4 is 17.5 Å². The predicted molar refractivity (Wildman–Crippen MR) is 107 cm³/mol. The molecule has 7 heteroatoms. The van der Waals surface area contributed by atoms with Gasteiger partial charge in [-0.15, -0.1) is 11.7 Å². The molecule has 0 aliphatic heterocycles. The lowest BCUT2D eigenvalue weighted by molar-refractivity contribution is 0.0756. The Morgan fingerprint density at radius 1 is 1.32 bits per heavy atom. The van der Waals surface area contributed by atoms with Crippen LogP contribution < -0.4 is 0 Å². The standard InChI is InChI=1S/C21H18ClN5O/c1-3-11-26(14-17-9-7-16(13-23)8-10-17)21(28)20-15(2)27(25-24-20)19-6-4-5-18(22)12-19/h3-10,12H,1,11,14H2,2H3. The largest absolute Gasteiger partial charge is 0.329 e. The third kappa shape index (κ3) is 4.11. The van der Waals surface area contributed by atoms with E-state index >= 15 is 0 Å². The topological polar surface area (TPSA) is 74.8 Å². The van der Waals surface area contributed by atoms with E-state index in [2.05, 4.69) is 23.0 Å². The van der Waals surface area contributed by atoms with E-state index in [1.807, 2.05) is 24.3 Å². The summed E-state index contributed by atoms with van der Waals surface area (Å²) in [5, 5.41) is 17.7. The van der Waals surface area contributed by atoms with E-state index in [0.29, 0.717) is 29.4 Å². The second-order valence-corrected chi connectivity index (χ2v) is 6.63. The molecule has 3 rings (SSSR count). The lowest BCUT2D eigenvalue weighted by atomic mass is 10.1. The average Bonchev–Trinajstić information content (AvgIpc) is 3.09. The van der Waals surface area contributed by atoms with Gasteiger partial charge in [-0.05, 0) is 42.8 Å². The minimum Gasteiger partial charge on any atom is -0.329 e. The van der Waals surface area contributed by atoms with Crippen molar-refractivity contribution in [1.82, 2.24) is 19.9 Å². The predicted octanol–water partition coefficient (Wildman–Crippen LogP) is 3.93. The van der Waals surface area contributed by atoms with Crippen LogP contribution >= 0.6 is 11.6 Å². The van der Waals surface area contributed by atoms with E-state index < -0.39 is 0 Å². The number of rotatable bonds is 6. The van der Waals surface area contributed by atoms with E-state index in [-0.39, 0.29) is 11.6 Å². The maximum absolute atomic E-state index is 13.1. The van der Waals surface area contributed by atoms with Crippen molar-refractivity contribution in [1.29, 1.82) is 5.26 Å². The molecule has 0 bridgehead atoms. The fourth-order valence-electron chi connectivity index (χ4n) is 2.81. The van der Waals surface area contributed by atoms with Crippen molar-refractivity contribution < 1.29 is 4.79 Å². The summed E-state index contributed by atoms with van der Waals surface area (Å²) < 4.78 is 1.59. The molecular formula is C21H18ClN5O. The summed E-state index contributed by atoms with van der Waals surface area (Å²) in [6, 6.07) is 16.4. The summed E-state index contributed by atoms with van der Waals surface area (Å²) in [5.74, 6) is -0.241. The first-order valence-electron chi connectivity index (χ1n) is 8.61. The van der Waals surface area contributed by atoms with Crippen LogP contribution in [-0.2, 0) is 6.54 Å². The molecule has 140 valence electrons.